The maximum absolute atomic E-state index is 6.24. The van der Waals surface area contributed by atoms with E-state index in [1.54, 1.807) is 0 Å². The summed E-state index contributed by atoms with van der Waals surface area (Å²) < 4.78 is 5.64. The zero-order chi connectivity index (χ0) is 12.3. The topological polar surface area (TPSA) is 35.2 Å². The van der Waals surface area contributed by atoms with Crippen molar-refractivity contribution < 1.29 is 4.74 Å². The van der Waals surface area contributed by atoms with Crippen LogP contribution < -0.4 is 10.5 Å². The van der Waals surface area contributed by atoms with Gasteiger partial charge in [0.25, 0.3) is 0 Å². The molecule has 1 rings (SSSR count). The largest absolute Gasteiger partial charge is 0.494 e. The van der Waals surface area contributed by atoms with Crippen LogP contribution in [0, 0.1) is 13.8 Å². The first-order chi connectivity index (χ1) is 7.47. The van der Waals surface area contributed by atoms with Crippen molar-refractivity contribution in [3.05, 3.63) is 27.8 Å². The Bertz CT molecular complexity index is 378. The molecule has 2 N–H and O–H groups in total. The molecule has 0 aromatic heterocycles. The summed E-state index contributed by atoms with van der Waals surface area (Å²) in [5, 5.41) is 0.819. The fraction of sp³-hybridized carbons (Fsp3) is 0.538. The minimum atomic E-state index is 0. The van der Waals surface area contributed by atoms with Crippen LogP contribution in [0.25, 0.3) is 0 Å². The molecule has 1 aromatic carbocycles. The molecule has 1 unspecified atom stereocenters. The van der Waals surface area contributed by atoms with E-state index in [4.69, 9.17) is 22.1 Å². The Labute approximate surface area is 115 Å². The number of ether oxygens (including phenoxy) is 1. The maximum Gasteiger partial charge on any atom is 0.123 e. The Balaban J connectivity index is 0.00000256. The Kier molecular flexibility index (Phi) is 6.91. The number of hydrogen-bond acceptors (Lipinski definition) is 2. The molecular formula is C13H21Cl2NO. The van der Waals surface area contributed by atoms with Gasteiger partial charge in [0.2, 0.25) is 0 Å². The molecule has 17 heavy (non-hydrogen) atoms. The molecule has 0 amide bonds. The molecule has 0 heterocycles. The van der Waals surface area contributed by atoms with Crippen LogP contribution in [0.15, 0.2) is 6.07 Å². The molecule has 0 aliphatic rings. The zero-order valence-electron chi connectivity index (χ0n) is 10.8. The minimum Gasteiger partial charge on any atom is -0.494 e. The molecule has 0 bridgehead atoms. The van der Waals surface area contributed by atoms with Crippen molar-refractivity contribution in [2.75, 3.05) is 6.61 Å². The first-order valence-electron chi connectivity index (χ1n) is 5.64. The molecule has 1 atom stereocenters. The molecule has 0 saturated heterocycles. The highest BCUT2D eigenvalue weighted by molar-refractivity contribution is 6.32. The average Bonchev–Trinajstić information content (AvgIpc) is 2.21. The number of halogens is 2. The monoisotopic (exact) mass is 277 g/mol. The first-order valence-corrected chi connectivity index (χ1v) is 6.02. The van der Waals surface area contributed by atoms with Crippen molar-refractivity contribution in [2.24, 2.45) is 5.73 Å². The van der Waals surface area contributed by atoms with Crippen molar-refractivity contribution in [3.8, 4) is 5.75 Å². The number of aryl methyl sites for hydroxylation is 1. The lowest BCUT2D eigenvalue weighted by Gasteiger charge is -2.17. The van der Waals surface area contributed by atoms with Crippen molar-refractivity contribution in [3.63, 3.8) is 0 Å². The van der Waals surface area contributed by atoms with Gasteiger partial charge < -0.3 is 10.5 Å². The Morgan fingerprint density at radius 3 is 2.47 bits per heavy atom. The van der Waals surface area contributed by atoms with E-state index in [1.807, 2.05) is 33.8 Å². The zero-order valence-corrected chi connectivity index (χ0v) is 12.4. The second-order valence-electron chi connectivity index (χ2n) is 4.22. The van der Waals surface area contributed by atoms with Gasteiger partial charge in [0, 0.05) is 16.6 Å². The van der Waals surface area contributed by atoms with E-state index >= 15 is 0 Å². The molecule has 0 radical (unpaired) electrons. The minimum absolute atomic E-state index is 0. The van der Waals surface area contributed by atoms with Crippen LogP contribution in [0.4, 0.5) is 0 Å². The third kappa shape index (κ3) is 4.06. The second kappa shape index (κ2) is 7.10. The summed E-state index contributed by atoms with van der Waals surface area (Å²) in [7, 11) is 0. The summed E-state index contributed by atoms with van der Waals surface area (Å²) in [6.45, 7) is 8.65. The second-order valence-corrected chi connectivity index (χ2v) is 4.60. The summed E-state index contributed by atoms with van der Waals surface area (Å²) in [6, 6.07) is 2.10. The van der Waals surface area contributed by atoms with Gasteiger partial charge in [0.15, 0.2) is 0 Å². The normalized spacial score (nSPS) is 11.9. The lowest BCUT2D eigenvalue weighted by molar-refractivity contribution is 0.335. The molecule has 98 valence electrons. The Morgan fingerprint density at radius 2 is 2.00 bits per heavy atom. The van der Waals surface area contributed by atoms with Crippen molar-refractivity contribution >= 4 is 24.0 Å². The van der Waals surface area contributed by atoms with Gasteiger partial charge in [0.05, 0.1) is 6.61 Å². The van der Waals surface area contributed by atoms with Crippen molar-refractivity contribution in [1.29, 1.82) is 0 Å². The Morgan fingerprint density at radius 1 is 1.41 bits per heavy atom. The van der Waals surface area contributed by atoms with E-state index in [0.29, 0.717) is 6.61 Å². The quantitative estimate of drug-likeness (QED) is 0.912. The number of rotatable bonds is 4. The summed E-state index contributed by atoms with van der Waals surface area (Å²) in [5.41, 5.74) is 9.12. The third-order valence-corrected chi connectivity index (χ3v) is 3.18. The molecule has 0 saturated carbocycles. The SMILES string of the molecule is CCOc1cc(C)c(Cl)c(C)c1CC(C)N.Cl. The van der Waals surface area contributed by atoms with E-state index in [0.717, 1.165) is 33.9 Å². The van der Waals surface area contributed by atoms with Crippen molar-refractivity contribution in [2.45, 2.75) is 40.2 Å². The van der Waals surface area contributed by atoms with Crippen molar-refractivity contribution in [1.82, 2.24) is 0 Å². The number of benzene rings is 1. The molecule has 0 aliphatic heterocycles. The maximum atomic E-state index is 6.24. The van der Waals surface area contributed by atoms with Crippen LogP contribution in [0.3, 0.4) is 0 Å². The lowest BCUT2D eigenvalue weighted by atomic mass is 9.98. The van der Waals surface area contributed by atoms with Crippen LogP contribution in [0.5, 0.6) is 5.75 Å². The highest BCUT2D eigenvalue weighted by Crippen LogP contribution is 2.32. The molecule has 1 aromatic rings. The molecule has 0 spiro atoms. The predicted molar refractivity (Wildman–Crippen MR) is 76.7 cm³/mol. The standard InChI is InChI=1S/C13H20ClNO.ClH/c1-5-16-12-6-8(2)13(14)10(4)11(12)7-9(3)15;/h6,9H,5,7,15H2,1-4H3;1H. The van der Waals surface area contributed by atoms with E-state index < -0.39 is 0 Å². The van der Waals surface area contributed by atoms with E-state index in [1.165, 1.54) is 0 Å². The summed E-state index contributed by atoms with van der Waals surface area (Å²) in [5.74, 6) is 0.916. The van der Waals surface area contributed by atoms with E-state index in [-0.39, 0.29) is 18.4 Å². The van der Waals surface area contributed by atoms with Gasteiger partial charge in [-0.2, -0.15) is 0 Å². The van der Waals surface area contributed by atoms with Gasteiger partial charge >= 0.3 is 0 Å². The summed E-state index contributed by atoms with van der Waals surface area (Å²) >= 11 is 6.24. The van der Waals surface area contributed by atoms with Gasteiger partial charge in [-0.1, -0.05) is 11.6 Å². The lowest BCUT2D eigenvalue weighted by Crippen LogP contribution is -2.19. The summed E-state index contributed by atoms with van der Waals surface area (Å²) in [4.78, 5) is 0. The molecule has 0 aliphatic carbocycles. The van der Waals surface area contributed by atoms with Gasteiger partial charge in [-0.25, -0.2) is 0 Å². The fourth-order valence-corrected chi connectivity index (χ4v) is 1.99. The Hall–Kier alpha value is -0.440. The molecule has 0 fully saturated rings. The van der Waals surface area contributed by atoms with Crippen LogP contribution in [0.2, 0.25) is 5.02 Å². The molecular weight excluding hydrogens is 257 g/mol. The number of nitrogens with two attached hydrogens (primary N) is 1. The highest BCUT2D eigenvalue weighted by atomic mass is 35.5. The van der Waals surface area contributed by atoms with Gasteiger partial charge in [-0.15, -0.1) is 12.4 Å². The molecule has 4 heteroatoms. The van der Waals surface area contributed by atoms with Gasteiger partial charge in [-0.3, -0.25) is 0 Å². The summed E-state index contributed by atoms with van der Waals surface area (Å²) in [6.07, 6.45) is 0.793. The number of hydrogen-bond donors (Lipinski definition) is 1. The predicted octanol–water partition coefficient (Wildman–Crippen LogP) is 3.67. The molecule has 2 nitrogen and oxygen atoms in total. The van der Waals surface area contributed by atoms with E-state index in [9.17, 15) is 0 Å². The highest BCUT2D eigenvalue weighted by Gasteiger charge is 2.14. The van der Waals surface area contributed by atoms with Gasteiger partial charge in [-0.05, 0) is 51.3 Å². The van der Waals surface area contributed by atoms with Crippen LogP contribution in [-0.4, -0.2) is 12.6 Å². The van der Waals surface area contributed by atoms with E-state index in [2.05, 4.69) is 0 Å². The van der Waals surface area contributed by atoms with Gasteiger partial charge in [0.1, 0.15) is 5.75 Å². The first kappa shape index (κ1) is 16.6. The third-order valence-electron chi connectivity index (χ3n) is 2.60. The smallest absolute Gasteiger partial charge is 0.123 e. The average molecular weight is 278 g/mol. The van der Waals surface area contributed by atoms with Crippen LogP contribution in [0.1, 0.15) is 30.5 Å². The van der Waals surface area contributed by atoms with Crippen LogP contribution >= 0.6 is 24.0 Å². The van der Waals surface area contributed by atoms with Crippen LogP contribution in [-0.2, 0) is 6.42 Å². The fourth-order valence-electron chi connectivity index (χ4n) is 1.82.